The topological polar surface area (TPSA) is 67.6 Å². The van der Waals surface area contributed by atoms with Crippen LogP contribution in [-0.2, 0) is 6.54 Å². The minimum Gasteiger partial charge on any atom is -0.497 e. The molecule has 0 bridgehead atoms. The molecule has 22 heavy (non-hydrogen) atoms. The number of aliphatic hydroxyl groups excluding tert-OH is 1. The molecule has 1 aromatic heterocycles. The van der Waals surface area contributed by atoms with E-state index in [4.69, 9.17) is 4.74 Å². The number of benzene rings is 1. The Morgan fingerprint density at radius 2 is 2.09 bits per heavy atom. The van der Waals surface area contributed by atoms with Crippen molar-refractivity contribution in [3.8, 4) is 5.75 Å². The molecule has 0 aliphatic rings. The number of hydrogen-bond donors (Lipinski definition) is 1. The number of ether oxygens (including phenoxy) is 1. The van der Waals surface area contributed by atoms with Crippen molar-refractivity contribution in [1.29, 1.82) is 0 Å². The molecule has 1 heterocycles. The molecule has 1 N–H and O–H groups in total. The minimum atomic E-state index is -0.414. The van der Waals surface area contributed by atoms with E-state index in [0.717, 1.165) is 11.3 Å². The molecular formula is C16H21N3O3. The minimum absolute atomic E-state index is 0.156. The smallest absolute Gasteiger partial charge is 0.257 e. The van der Waals surface area contributed by atoms with E-state index in [2.05, 4.69) is 5.10 Å². The van der Waals surface area contributed by atoms with Crippen LogP contribution in [0.3, 0.4) is 0 Å². The number of carbonyl (C=O) groups excluding carboxylic acids is 1. The second kappa shape index (κ2) is 7.09. The monoisotopic (exact) mass is 303 g/mol. The molecule has 1 aromatic carbocycles. The van der Waals surface area contributed by atoms with Gasteiger partial charge in [0.2, 0.25) is 0 Å². The van der Waals surface area contributed by atoms with Crippen LogP contribution in [-0.4, -0.2) is 46.5 Å². The van der Waals surface area contributed by atoms with Gasteiger partial charge < -0.3 is 14.7 Å². The number of rotatable bonds is 6. The summed E-state index contributed by atoms with van der Waals surface area (Å²) in [6.45, 7) is 2.51. The Bertz CT molecular complexity index is 622. The summed E-state index contributed by atoms with van der Waals surface area (Å²) in [5.74, 6) is 0.563. The van der Waals surface area contributed by atoms with Crippen LogP contribution < -0.4 is 4.74 Å². The molecule has 0 aliphatic heterocycles. The van der Waals surface area contributed by atoms with Gasteiger partial charge in [-0.05, 0) is 24.6 Å². The summed E-state index contributed by atoms with van der Waals surface area (Å²) in [6, 6.07) is 6.90. The number of likely N-dealkylation sites (N-methyl/N-ethyl adjacent to an activating group) is 1. The third-order valence-corrected chi connectivity index (χ3v) is 3.67. The van der Waals surface area contributed by atoms with Crippen LogP contribution in [0.5, 0.6) is 5.75 Å². The Labute approximate surface area is 129 Å². The molecule has 6 heteroatoms. The molecule has 6 nitrogen and oxygen atoms in total. The molecule has 0 aliphatic carbocycles. The molecule has 118 valence electrons. The van der Waals surface area contributed by atoms with Gasteiger partial charge in [-0.25, -0.2) is 0 Å². The Balaban J connectivity index is 2.19. The lowest BCUT2D eigenvalue weighted by Crippen LogP contribution is -2.33. The average Bonchev–Trinajstić information content (AvgIpc) is 3.04. The fourth-order valence-corrected chi connectivity index (χ4v) is 2.27. The first-order chi connectivity index (χ1) is 10.6. The van der Waals surface area contributed by atoms with Crippen molar-refractivity contribution in [1.82, 2.24) is 14.7 Å². The highest BCUT2D eigenvalue weighted by molar-refractivity contribution is 5.93. The van der Waals surface area contributed by atoms with Gasteiger partial charge in [-0.1, -0.05) is 12.1 Å². The largest absolute Gasteiger partial charge is 0.497 e. The normalized spacial score (nSPS) is 12.0. The molecule has 0 fully saturated rings. The number of carbonyl (C=O) groups is 1. The van der Waals surface area contributed by atoms with E-state index < -0.39 is 6.04 Å². The second-order valence-corrected chi connectivity index (χ2v) is 4.97. The van der Waals surface area contributed by atoms with Gasteiger partial charge in [0.25, 0.3) is 5.91 Å². The van der Waals surface area contributed by atoms with E-state index in [0.29, 0.717) is 12.1 Å². The molecular weight excluding hydrogens is 282 g/mol. The maximum Gasteiger partial charge on any atom is 0.257 e. The average molecular weight is 303 g/mol. The zero-order chi connectivity index (χ0) is 16.1. The number of aliphatic hydroxyl groups is 1. The van der Waals surface area contributed by atoms with E-state index >= 15 is 0 Å². The third kappa shape index (κ3) is 3.28. The van der Waals surface area contributed by atoms with Gasteiger partial charge in [-0.3, -0.25) is 9.48 Å². The maximum absolute atomic E-state index is 12.5. The number of aryl methyl sites for hydroxylation is 1. The van der Waals surface area contributed by atoms with E-state index in [-0.39, 0.29) is 12.5 Å². The number of methoxy groups -OCH3 is 1. The molecule has 2 aromatic rings. The lowest BCUT2D eigenvalue weighted by atomic mass is 10.1. The van der Waals surface area contributed by atoms with Crippen LogP contribution in [0.2, 0.25) is 0 Å². The van der Waals surface area contributed by atoms with E-state index in [1.807, 2.05) is 31.2 Å². The second-order valence-electron chi connectivity index (χ2n) is 4.97. The highest BCUT2D eigenvalue weighted by Crippen LogP contribution is 2.23. The van der Waals surface area contributed by atoms with Gasteiger partial charge >= 0.3 is 0 Å². The van der Waals surface area contributed by atoms with Gasteiger partial charge in [0.15, 0.2) is 0 Å². The van der Waals surface area contributed by atoms with Crippen molar-refractivity contribution in [3.05, 3.63) is 47.8 Å². The van der Waals surface area contributed by atoms with Crippen molar-refractivity contribution >= 4 is 5.91 Å². The van der Waals surface area contributed by atoms with E-state index in [1.54, 1.807) is 31.2 Å². The summed E-state index contributed by atoms with van der Waals surface area (Å²) in [5.41, 5.74) is 1.36. The molecule has 0 saturated heterocycles. The first-order valence-electron chi connectivity index (χ1n) is 7.15. The Hall–Kier alpha value is -2.34. The lowest BCUT2D eigenvalue weighted by Gasteiger charge is -2.26. The van der Waals surface area contributed by atoms with Crippen LogP contribution in [0.1, 0.15) is 28.9 Å². The summed E-state index contributed by atoms with van der Waals surface area (Å²) in [6.07, 6.45) is 3.26. The molecule has 1 atom stereocenters. The quantitative estimate of drug-likeness (QED) is 0.882. The highest BCUT2D eigenvalue weighted by atomic mass is 16.5. The predicted octanol–water partition coefficient (Wildman–Crippen LogP) is 1.72. The Morgan fingerprint density at radius 3 is 2.59 bits per heavy atom. The van der Waals surface area contributed by atoms with Gasteiger partial charge in [-0.15, -0.1) is 0 Å². The van der Waals surface area contributed by atoms with Crippen LogP contribution in [0.25, 0.3) is 0 Å². The van der Waals surface area contributed by atoms with Crippen LogP contribution in [0.4, 0.5) is 0 Å². The summed E-state index contributed by atoms with van der Waals surface area (Å²) < 4.78 is 6.82. The van der Waals surface area contributed by atoms with E-state index in [9.17, 15) is 9.90 Å². The maximum atomic E-state index is 12.5. The summed E-state index contributed by atoms with van der Waals surface area (Å²) in [4.78, 5) is 14.0. The fourth-order valence-electron chi connectivity index (χ4n) is 2.27. The van der Waals surface area contributed by atoms with Crippen molar-refractivity contribution < 1.29 is 14.6 Å². The van der Waals surface area contributed by atoms with Gasteiger partial charge in [0.1, 0.15) is 5.75 Å². The lowest BCUT2D eigenvalue weighted by molar-refractivity contribution is 0.0658. The van der Waals surface area contributed by atoms with Crippen molar-refractivity contribution in [2.24, 2.45) is 0 Å². The van der Waals surface area contributed by atoms with E-state index in [1.165, 1.54) is 4.90 Å². The summed E-state index contributed by atoms with van der Waals surface area (Å²) in [7, 11) is 3.27. The molecule has 0 spiro atoms. The Kier molecular flexibility index (Phi) is 5.16. The standard InChI is InChI=1S/C16H21N3O3/c1-4-19-10-13(9-17-19)16(21)18(2)15(11-20)12-5-7-14(22-3)8-6-12/h5-10,15,20H,4,11H2,1-3H3/t15-/m1/s1. The number of nitrogens with zero attached hydrogens (tertiary/aromatic N) is 3. The SMILES string of the molecule is CCn1cc(C(=O)N(C)[C@H](CO)c2ccc(OC)cc2)cn1. The first-order valence-corrected chi connectivity index (χ1v) is 7.15. The fraction of sp³-hybridized carbons (Fsp3) is 0.375. The van der Waals surface area contributed by atoms with Gasteiger partial charge in [-0.2, -0.15) is 5.10 Å². The zero-order valence-corrected chi connectivity index (χ0v) is 13.1. The highest BCUT2D eigenvalue weighted by Gasteiger charge is 2.23. The Morgan fingerprint density at radius 1 is 1.41 bits per heavy atom. The number of aromatic nitrogens is 2. The number of hydrogen-bond acceptors (Lipinski definition) is 4. The molecule has 0 radical (unpaired) electrons. The molecule has 0 saturated carbocycles. The first kappa shape index (κ1) is 16.0. The van der Waals surface area contributed by atoms with Gasteiger partial charge in [0, 0.05) is 19.8 Å². The summed E-state index contributed by atoms with van der Waals surface area (Å²) >= 11 is 0. The summed E-state index contributed by atoms with van der Waals surface area (Å²) in [5, 5.41) is 13.8. The van der Waals surface area contributed by atoms with Gasteiger partial charge in [0.05, 0.1) is 31.5 Å². The zero-order valence-electron chi connectivity index (χ0n) is 13.1. The van der Waals surface area contributed by atoms with Crippen LogP contribution in [0.15, 0.2) is 36.7 Å². The van der Waals surface area contributed by atoms with Crippen LogP contribution in [0, 0.1) is 0 Å². The van der Waals surface area contributed by atoms with Crippen molar-refractivity contribution in [3.63, 3.8) is 0 Å². The molecule has 0 unspecified atom stereocenters. The third-order valence-electron chi connectivity index (χ3n) is 3.67. The number of amides is 1. The molecule has 1 amide bonds. The predicted molar refractivity (Wildman–Crippen MR) is 82.8 cm³/mol. The van der Waals surface area contributed by atoms with Crippen LogP contribution >= 0.6 is 0 Å². The van der Waals surface area contributed by atoms with Crippen molar-refractivity contribution in [2.75, 3.05) is 20.8 Å². The van der Waals surface area contributed by atoms with Crippen molar-refractivity contribution in [2.45, 2.75) is 19.5 Å². The molecule has 2 rings (SSSR count).